The van der Waals surface area contributed by atoms with E-state index in [1.165, 1.54) is 11.3 Å². The van der Waals surface area contributed by atoms with Gasteiger partial charge < -0.3 is 4.74 Å². The minimum absolute atomic E-state index is 0.192. The van der Waals surface area contributed by atoms with E-state index >= 15 is 0 Å². The molecule has 1 atom stereocenters. The SMILES string of the molecule is CCOC(=O)c1sc2ccc(N=C3N=C(c4ccccn4)C=CCC3C)cc2c1C. The monoisotopic (exact) mass is 417 g/mol. The molecule has 2 aromatic heterocycles. The van der Waals surface area contributed by atoms with E-state index in [0.717, 1.165) is 45.0 Å². The summed E-state index contributed by atoms with van der Waals surface area (Å²) in [5, 5.41) is 1.03. The zero-order valence-electron chi connectivity index (χ0n) is 17.3. The van der Waals surface area contributed by atoms with Crippen LogP contribution in [0.3, 0.4) is 0 Å². The number of rotatable bonds is 4. The van der Waals surface area contributed by atoms with E-state index in [1.54, 1.807) is 6.20 Å². The van der Waals surface area contributed by atoms with Gasteiger partial charge in [-0.2, -0.15) is 0 Å². The second-order valence-electron chi connectivity index (χ2n) is 7.18. The third-order valence-corrected chi connectivity index (χ3v) is 6.25. The minimum Gasteiger partial charge on any atom is -0.462 e. The third kappa shape index (κ3) is 4.09. The van der Waals surface area contributed by atoms with Crippen molar-refractivity contribution in [3.8, 4) is 0 Å². The predicted octanol–water partition coefficient (Wildman–Crippen LogP) is 5.90. The third-order valence-electron chi connectivity index (χ3n) is 4.99. The molecule has 3 heterocycles. The van der Waals surface area contributed by atoms with E-state index in [-0.39, 0.29) is 11.9 Å². The predicted molar refractivity (Wildman–Crippen MR) is 123 cm³/mol. The van der Waals surface area contributed by atoms with Gasteiger partial charge in [0.15, 0.2) is 0 Å². The first-order chi connectivity index (χ1) is 14.6. The lowest BCUT2D eigenvalue weighted by atomic mass is 10.1. The van der Waals surface area contributed by atoms with Gasteiger partial charge in [-0.3, -0.25) is 4.98 Å². The largest absolute Gasteiger partial charge is 0.462 e. The van der Waals surface area contributed by atoms with Gasteiger partial charge in [0.05, 0.1) is 23.7 Å². The van der Waals surface area contributed by atoms with Crippen LogP contribution in [0.2, 0.25) is 0 Å². The highest BCUT2D eigenvalue weighted by atomic mass is 32.1. The van der Waals surface area contributed by atoms with Crippen molar-refractivity contribution in [1.82, 2.24) is 4.98 Å². The van der Waals surface area contributed by atoms with Crippen LogP contribution in [0.1, 0.15) is 41.2 Å². The lowest BCUT2D eigenvalue weighted by molar-refractivity contribution is 0.0531. The number of hydrogen-bond acceptors (Lipinski definition) is 5. The molecule has 0 amide bonds. The summed E-state index contributed by atoms with van der Waals surface area (Å²) >= 11 is 1.46. The molecule has 30 heavy (non-hydrogen) atoms. The number of allylic oxidation sites excluding steroid dienone is 2. The van der Waals surface area contributed by atoms with E-state index in [2.05, 4.69) is 18.0 Å². The van der Waals surface area contributed by atoms with Gasteiger partial charge >= 0.3 is 5.97 Å². The van der Waals surface area contributed by atoms with E-state index in [1.807, 2.05) is 56.3 Å². The molecule has 0 saturated heterocycles. The molecule has 0 radical (unpaired) electrons. The lowest BCUT2D eigenvalue weighted by Gasteiger charge is -2.08. The Labute approximate surface area is 179 Å². The molecule has 3 aromatic rings. The number of esters is 1. The quantitative estimate of drug-likeness (QED) is 0.497. The molecule has 152 valence electrons. The lowest BCUT2D eigenvalue weighted by Crippen LogP contribution is -2.09. The number of benzene rings is 1. The van der Waals surface area contributed by atoms with E-state index in [9.17, 15) is 4.79 Å². The summed E-state index contributed by atoms with van der Waals surface area (Å²) in [6.07, 6.45) is 6.77. The molecule has 1 aromatic carbocycles. The smallest absolute Gasteiger partial charge is 0.348 e. The number of pyridine rings is 1. The van der Waals surface area contributed by atoms with Gasteiger partial charge in [-0.05, 0) is 67.6 Å². The first-order valence-electron chi connectivity index (χ1n) is 10.0. The topological polar surface area (TPSA) is 63.9 Å². The highest BCUT2D eigenvalue weighted by Crippen LogP contribution is 2.34. The molecular formula is C24H23N3O2S. The summed E-state index contributed by atoms with van der Waals surface area (Å²) in [6.45, 7) is 6.27. The number of carbonyl (C=O) groups excluding carboxylic acids is 1. The number of nitrogens with zero attached hydrogens (tertiary/aromatic N) is 3. The van der Waals surface area contributed by atoms with Crippen molar-refractivity contribution >= 4 is 44.6 Å². The van der Waals surface area contributed by atoms with Crippen LogP contribution in [-0.2, 0) is 4.74 Å². The number of aryl methyl sites for hydroxylation is 1. The van der Waals surface area contributed by atoms with Gasteiger partial charge in [0.2, 0.25) is 0 Å². The van der Waals surface area contributed by atoms with Crippen molar-refractivity contribution in [1.29, 1.82) is 0 Å². The Morgan fingerprint density at radius 1 is 1.30 bits per heavy atom. The van der Waals surface area contributed by atoms with E-state index in [0.29, 0.717) is 11.5 Å². The molecule has 6 heteroatoms. The normalized spacial score (nSPS) is 17.8. The summed E-state index contributed by atoms with van der Waals surface area (Å²) in [5.41, 5.74) is 3.41. The molecule has 4 rings (SSSR count). The fourth-order valence-corrected chi connectivity index (χ4v) is 4.44. The van der Waals surface area contributed by atoms with Crippen molar-refractivity contribution in [2.24, 2.45) is 15.9 Å². The van der Waals surface area contributed by atoms with Crippen molar-refractivity contribution in [3.63, 3.8) is 0 Å². The molecule has 1 aliphatic heterocycles. The molecule has 5 nitrogen and oxygen atoms in total. The number of hydrogen-bond donors (Lipinski definition) is 0. The Hall–Kier alpha value is -3.12. The molecule has 0 N–H and O–H groups in total. The van der Waals surface area contributed by atoms with E-state index in [4.69, 9.17) is 14.7 Å². The Morgan fingerprint density at radius 3 is 2.93 bits per heavy atom. The van der Waals surface area contributed by atoms with Gasteiger partial charge in [-0.1, -0.05) is 19.1 Å². The van der Waals surface area contributed by atoms with Crippen molar-refractivity contribution < 1.29 is 9.53 Å². The second kappa shape index (κ2) is 8.71. The van der Waals surface area contributed by atoms with Crippen LogP contribution in [0.4, 0.5) is 5.69 Å². The maximum absolute atomic E-state index is 12.2. The van der Waals surface area contributed by atoms with Crippen LogP contribution < -0.4 is 0 Å². The average Bonchev–Trinajstić information content (AvgIpc) is 2.97. The summed E-state index contributed by atoms with van der Waals surface area (Å²) in [5.74, 6) is 0.701. The number of thiophene rings is 1. The zero-order chi connectivity index (χ0) is 21.1. The number of fused-ring (bicyclic) bond motifs is 1. The fraction of sp³-hybridized carbons (Fsp3) is 0.250. The van der Waals surface area contributed by atoms with E-state index < -0.39 is 0 Å². The van der Waals surface area contributed by atoms with Gasteiger partial charge in [-0.25, -0.2) is 14.8 Å². The molecule has 0 bridgehead atoms. The van der Waals surface area contributed by atoms with Gasteiger partial charge in [0.1, 0.15) is 10.7 Å². The first-order valence-corrected chi connectivity index (χ1v) is 10.8. The molecule has 1 unspecified atom stereocenters. The summed E-state index contributed by atoms with van der Waals surface area (Å²) in [6, 6.07) is 11.8. The fourth-order valence-electron chi connectivity index (χ4n) is 3.35. The number of aromatic nitrogens is 1. The minimum atomic E-state index is -0.267. The Kier molecular flexibility index (Phi) is 5.86. The zero-order valence-corrected chi connectivity index (χ0v) is 18.1. The Morgan fingerprint density at radius 2 is 2.17 bits per heavy atom. The van der Waals surface area contributed by atoms with Crippen molar-refractivity contribution in [2.45, 2.75) is 27.2 Å². The van der Waals surface area contributed by atoms with Crippen molar-refractivity contribution in [3.05, 3.63) is 70.9 Å². The second-order valence-corrected chi connectivity index (χ2v) is 8.23. The first kappa shape index (κ1) is 20.2. The average molecular weight is 418 g/mol. The summed E-state index contributed by atoms with van der Waals surface area (Å²) in [7, 11) is 0. The number of aliphatic imine (C=N–C) groups is 2. The maximum Gasteiger partial charge on any atom is 0.348 e. The maximum atomic E-state index is 12.2. The Bertz CT molecular complexity index is 1180. The van der Waals surface area contributed by atoms with Crippen LogP contribution in [0.15, 0.2) is 64.7 Å². The van der Waals surface area contributed by atoms with Crippen LogP contribution in [0.5, 0.6) is 0 Å². The van der Waals surface area contributed by atoms with Crippen molar-refractivity contribution in [2.75, 3.05) is 6.61 Å². The summed E-state index contributed by atoms with van der Waals surface area (Å²) < 4.78 is 6.23. The highest BCUT2D eigenvalue weighted by molar-refractivity contribution is 7.21. The molecule has 0 aliphatic carbocycles. The molecule has 0 spiro atoms. The highest BCUT2D eigenvalue weighted by Gasteiger charge is 2.18. The number of amidine groups is 1. The molecule has 0 saturated carbocycles. The van der Waals surface area contributed by atoms with Gasteiger partial charge in [0, 0.05) is 16.8 Å². The standard InChI is InChI=1S/C24H23N3O2S/c1-4-29-24(28)22-16(3)18-14-17(11-12-21(18)30-22)26-23-15(2)8-7-10-20(27-23)19-9-5-6-13-25-19/h5-7,9-15H,4,8H2,1-3H3. The molecular weight excluding hydrogens is 394 g/mol. The molecule has 0 fully saturated rings. The van der Waals surface area contributed by atoms with Gasteiger partial charge in [0.25, 0.3) is 0 Å². The number of carbonyl (C=O) groups is 1. The number of ether oxygens (including phenoxy) is 1. The van der Waals surface area contributed by atoms with Crippen LogP contribution in [0, 0.1) is 12.8 Å². The van der Waals surface area contributed by atoms with Crippen LogP contribution >= 0.6 is 11.3 Å². The summed E-state index contributed by atoms with van der Waals surface area (Å²) in [4.78, 5) is 27.0. The van der Waals surface area contributed by atoms with Crippen LogP contribution in [-0.4, -0.2) is 29.1 Å². The van der Waals surface area contributed by atoms with Crippen LogP contribution in [0.25, 0.3) is 10.1 Å². The Balaban J connectivity index is 1.74. The molecule has 1 aliphatic rings. The van der Waals surface area contributed by atoms with Gasteiger partial charge in [-0.15, -0.1) is 11.3 Å².